The molecule has 1 amide bonds. The second kappa shape index (κ2) is 18.1. The van der Waals surface area contributed by atoms with E-state index in [1.165, 1.54) is 0 Å². The smallest absolute Gasteiger partial charge is 0.255 e. The number of rotatable bonds is 9. The van der Waals surface area contributed by atoms with Crippen molar-refractivity contribution in [1.29, 1.82) is 0 Å². The predicted molar refractivity (Wildman–Crippen MR) is 295 cm³/mol. The predicted octanol–water partition coefficient (Wildman–Crippen LogP) is 13.2. The van der Waals surface area contributed by atoms with Crippen molar-refractivity contribution in [2.75, 3.05) is 22.5 Å². The van der Waals surface area contributed by atoms with Gasteiger partial charge in [0.15, 0.2) is 0 Å². The molecule has 346 valence electrons. The van der Waals surface area contributed by atoms with Gasteiger partial charge in [-0.1, -0.05) is 115 Å². The number of hydrogen-bond acceptors (Lipinski definition) is 7. The number of aromatic amines is 2. The SMILES string of the molecule is Nc1ccccc1-c1c2nc(c(-c3ccccc3N)c3ccc([nH]3)c(-c3ccccc3NC(=O)c3cccc(Cn4cncc4-c4ccccc4)c3)c3nc(c(-c4ccccc4N)c4ccc1[nH]4)C=C3)C=C2. The van der Waals surface area contributed by atoms with Gasteiger partial charge in [0, 0.05) is 101 Å². The lowest BCUT2D eigenvalue weighted by Crippen LogP contribution is -2.13. The van der Waals surface area contributed by atoms with E-state index < -0.39 is 0 Å². The van der Waals surface area contributed by atoms with E-state index >= 15 is 0 Å². The van der Waals surface area contributed by atoms with E-state index in [2.05, 4.69) is 43.0 Å². The van der Waals surface area contributed by atoms with Crippen LogP contribution in [0, 0.1) is 0 Å². The number of amides is 1. The number of nitrogens with two attached hydrogens (primary N) is 3. The highest BCUT2D eigenvalue weighted by Gasteiger charge is 2.22. The molecule has 6 heterocycles. The first-order chi connectivity index (χ1) is 35.3. The van der Waals surface area contributed by atoms with Gasteiger partial charge in [-0.3, -0.25) is 4.79 Å². The molecular weight excluding hydrogens is 889 g/mol. The molecule has 4 aromatic heterocycles. The van der Waals surface area contributed by atoms with Gasteiger partial charge in [0.1, 0.15) is 0 Å². The summed E-state index contributed by atoms with van der Waals surface area (Å²) in [5, 5.41) is 3.28. The fraction of sp³-hybridized carbons (Fsp3) is 0.0164. The standard InChI is InChI=1S/C61H46N10O/c62-44-21-8-4-17-40(44)57-48-25-27-50(66-48)58(41-18-5-9-22-45(41)63)52-29-31-54(68-52)60(55-32-30-53(69-55)59(51-28-26-49(57)67-51)42-19-6-10-23-46(42)64)43-20-7-11-24-47(43)70-61(72)39-16-12-13-37(33-39)35-71-36-65-34-56(71)38-14-2-1-3-15-38/h1-34,36,66,69H,35,62-64H2,(H,70,72). The van der Waals surface area contributed by atoms with Crippen LogP contribution in [0.4, 0.5) is 22.7 Å². The van der Waals surface area contributed by atoms with Gasteiger partial charge in [-0.15, -0.1) is 0 Å². The van der Waals surface area contributed by atoms with Crippen LogP contribution in [0.25, 0.3) is 102 Å². The van der Waals surface area contributed by atoms with Crippen LogP contribution in [0.1, 0.15) is 38.7 Å². The summed E-state index contributed by atoms with van der Waals surface area (Å²) in [6.45, 7) is 0.535. The fourth-order valence-corrected chi connectivity index (χ4v) is 9.82. The second-order valence-corrected chi connectivity index (χ2v) is 17.7. The van der Waals surface area contributed by atoms with E-state index in [9.17, 15) is 4.79 Å². The summed E-state index contributed by atoms with van der Waals surface area (Å²) in [7, 11) is 0. The lowest BCUT2D eigenvalue weighted by molar-refractivity contribution is 0.102. The minimum Gasteiger partial charge on any atom is -0.398 e. The molecule has 0 spiro atoms. The van der Waals surface area contributed by atoms with Crippen molar-refractivity contribution >= 4 is 75.0 Å². The first-order valence-electron chi connectivity index (χ1n) is 23.6. The Labute approximate surface area is 414 Å². The van der Waals surface area contributed by atoms with E-state index in [1.54, 1.807) is 0 Å². The third kappa shape index (κ3) is 7.96. The minimum atomic E-state index is -0.255. The summed E-state index contributed by atoms with van der Waals surface area (Å²) in [5.41, 5.74) is 38.7. The van der Waals surface area contributed by atoms with E-state index in [0.29, 0.717) is 51.9 Å². The molecule has 0 unspecified atom stereocenters. The molecule has 11 heteroatoms. The zero-order valence-corrected chi connectivity index (χ0v) is 38.8. The topological polar surface area (TPSA) is 182 Å². The molecule has 11 nitrogen and oxygen atoms in total. The average molecular weight is 935 g/mol. The fourth-order valence-electron chi connectivity index (χ4n) is 9.82. The molecule has 0 atom stereocenters. The molecule has 10 aromatic rings. The lowest BCUT2D eigenvalue weighted by Gasteiger charge is -2.14. The molecule has 0 fully saturated rings. The summed E-state index contributed by atoms with van der Waals surface area (Å²) >= 11 is 0. The Balaban J connectivity index is 1.07. The number of nitrogen functional groups attached to an aromatic ring is 3. The number of aromatic nitrogens is 6. The van der Waals surface area contributed by atoms with Crippen LogP contribution in [-0.4, -0.2) is 35.4 Å². The maximum Gasteiger partial charge on any atom is 0.255 e. The van der Waals surface area contributed by atoms with Crippen molar-refractivity contribution in [3.63, 3.8) is 0 Å². The van der Waals surface area contributed by atoms with Gasteiger partial charge in [0.25, 0.3) is 5.91 Å². The van der Waals surface area contributed by atoms with Crippen LogP contribution in [0.2, 0.25) is 0 Å². The Morgan fingerprint density at radius 1 is 0.486 bits per heavy atom. The number of H-pyrrole nitrogens is 2. The van der Waals surface area contributed by atoms with Gasteiger partial charge >= 0.3 is 0 Å². The largest absolute Gasteiger partial charge is 0.398 e. The summed E-state index contributed by atoms with van der Waals surface area (Å²) in [5.74, 6) is -0.255. The first kappa shape index (κ1) is 43.3. The molecule has 0 saturated carbocycles. The molecule has 6 aromatic carbocycles. The van der Waals surface area contributed by atoms with Crippen molar-refractivity contribution in [3.8, 4) is 55.8 Å². The molecule has 0 saturated heterocycles. The van der Waals surface area contributed by atoms with Crippen LogP contribution in [0.15, 0.2) is 188 Å². The Kier molecular flexibility index (Phi) is 10.9. The molecular formula is C61H46N10O. The number of nitrogens with one attached hydrogen (secondary N) is 3. The van der Waals surface area contributed by atoms with Gasteiger partial charge in [-0.25, -0.2) is 15.0 Å². The van der Waals surface area contributed by atoms with Crippen molar-refractivity contribution < 1.29 is 4.79 Å². The highest BCUT2D eigenvalue weighted by atomic mass is 16.1. The number of anilines is 4. The van der Waals surface area contributed by atoms with E-state index in [4.69, 9.17) is 27.2 Å². The number of carbonyl (C=O) groups is 1. The number of nitrogens with zero attached hydrogens (tertiary/aromatic N) is 4. The van der Waals surface area contributed by atoms with E-state index in [0.717, 1.165) is 89.1 Å². The van der Waals surface area contributed by atoms with Crippen molar-refractivity contribution in [1.82, 2.24) is 29.5 Å². The number of fused-ring (bicyclic) bond motifs is 8. The number of benzene rings is 6. The minimum absolute atomic E-state index is 0.255. The molecule has 2 aliphatic heterocycles. The molecule has 9 N–H and O–H groups in total. The molecule has 0 radical (unpaired) electrons. The number of para-hydroxylation sites is 4. The van der Waals surface area contributed by atoms with Crippen LogP contribution in [0.3, 0.4) is 0 Å². The highest BCUT2D eigenvalue weighted by Crippen LogP contribution is 2.42. The van der Waals surface area contributed by atoms with Gasteiger partial charge in [-0.05, 0) is 96.1 Å². The van der Waals surface area contributed by atoms with E-state index in [1.807, 2.05) is 195 Å². The maximum atomic E-state index is 14.5. The highest BCUT2D eigenvalue weighted by molar-refractivity contribution is 6.09. The quantitative estimate of drug-likeness (QED) is 0.0778. The Morgan fingerprint density at radius 3 is 1.43 bits per heavy atom. The molecule has 2 aliphatic rings. The van der Waals surface area contributed by atoms with Crippen molar-refractivity contribution in [3.05, 3.63) is 222 Å². The lowest BCUT2D eigenvalue weighted by atomic mass is 10.0. The van der Waals surface area contributed by atoms with Crippen molar-refractivity contribution in [2.45, 2.75) is 6.54 Å². The number of carbonyl (C=O) groups excluding carboxylic acids is 1. The van der Waals surface area contributed by atoms with Crippen LogP contribution in [0.5, 0.6) is 0 Å². The van der Waals surface area contributed by atoms with Crippen LogP contribution >= 0.6 is 0 Å². The third-order valence-electron chi connectivity index (χ3n) is 13.2. The van der Waals surface area contributed by atoms with Gasteiger partial charge in [0.05, 0.1) is 41.0 Å². The first-order valence-corrected chi connectivity index (χ1v) is 23.6. The zero-order valence-electron chi connectivity index (χ0n) is 38.8. The Bertz CT molecular complexity index is 3960. The zero-order chi connectivity index (χ0) is 48.7. The van der Waals surface area contributed by atoms with Crippen molar-refractivity contribution in [2.24, 2.45) is 0 Å². The summed E-state index contributed by atoms with van der Waals surface area (Å²) in [6, 6.07) is 57.3. The Hall–Kier alpha value is -10.0. The van der Waals surface area contributed by atoms with Crippen LogP contribution < -0.4 is 22.5 Å². The average Bonchev–Trinajstić information content (AvgIpc) is 4.28. The summed E-state index contributed by atoms with van der Waals surface area (Å²) in [4.78, 5) is 37.3. The third-order valence-corrected chi connectivity index (χ3v) is 13.2. The van der Waals surface area contributed by atoms with Gasteiger partial charge in [-0.2, -0.15) is 0 Å². The Morgan fingerprint density at radius 2 is 0.931 bits per heavy atom. The summed E-state index contributed by atoms with van der Waals surface area (Å²) < 4.78 is 2.09. The summed E-state index contributed by atoms with van der Waals surface area (Å²) in [6.07, 6.45) is 11.8. The number of hydrogen-bond donors (Lipinski definition) is 6. The van der Waals surface area contributed by atoms with Crippen LogP contribution in [-0.2, 0) is 6.54 Å². The normalized spacial score (nSPS) is 11.8. The molecule has 12 rings (SSSR count). The molecule has 0 aliphatic carbocycles. The number of imidazole rings is 1. The maximum absolute atomic E-state index is 14.5. The van der Waals surface area contributed by atoms with E-state index in [-0.39, 0.29) is 5.91 Å². The second-order valence-electron chi connectivity index (χ2n) is 17.7. The monoisotopic (exact) mass is 934 g/mol. The van der Waals surface area contributed by atoms with Gasteiger partial charge in [0.2, 0.25) is 0 Å². The molecule has 8 bridgehead atoms. The molecule has 72 heavy (non-hydrogen) atoms. The van der Waals surface area contributed by atoms with Gasteiger partial charge < -0.3 is 37.1 Å².